The minimum Gasteiger partial charge on any atom is -0.487 e. The van der Waals surface area contributed by atoms with Crippen molar-refractivity contribution in [3.05, 3.63) is 46.1 Å². The van der Waals surface area contributed by atoms with Crippen LogP contribution in [0.1, 0.15) is 51.3 Å². The molecule has 0 unspecified atom stereocenters. The van der Waals surface area contributed by atoms with Gasteiger partial charge < -0.3 is 9.47 Å². The molecule has 1 aromatic heterocycles. The van der Waals surface area contributed by atoms with E-state index in [1.807, 2.05) is 66.7 Å². The number of aryl methyl sites for hydroxylation is 2. The molecule has 0 spiro atoms. The zero-order valence-corrected chi connectivity index (χ0v) is 17.8. The van der Waals surface area contributed by atoms with Crippen LogP contribution < -0.4 is 9.64 Å². The monoisotopic (exact) mass is 390 g/mol. The Labute approximate surface area is 166 Å². The Balaban J connectivity index is 0.00000126. The fourth-order valence-corrected chi connectivity index (χ4v) is 2.82. The largest absolute Gasteiger partial charge is 0.487 e. The summed E-state index contributed by atoms with van der Waals surface area (Å²) in [5, 5.41) is 0.545. The molecule has 0 fully saturated rings. The van der Waals surface area contributed by atoms with Crippen molar-refractivity contribution in [2.75, 3.05) is 4.90 Å². The minimum atomic E-state index is -0.636. The molecule has 0 radical (unpaired) electrons. The highest BCUT2D eigenvalue weighted by atomic mass is 35.5. The van der Waals surface area contributed by atoms with E-state index in [0.717, 1.165) is 11.1 Å². The fourth-order valence-electron chi connectivity index (χ4n) is 2.63. The van der Waals surface area contributed by atoms with E-state index in [2.05, 4.69) is 4.98 Å². The van der Waals surface area contributed by atoms with Gasteiger partial charge in [0.15, 0.2) is 5.82 Å². The normalized spacial score (nSPS) is 12.7. The summed E-state index contributed by atoms with van der Waals surface area (Å²) in [5.74, 6) is 1.03. The SMILES string of the molecule is CC.Cc1ccc2c(c1)N(C(=O)OC(C)(C)C)c1ncc(C)c(Cl)c1CO2. The molecule has 3 rings (SSSR count). The van der Waals surface area contributed by atoms with E-state index >= 15 is 0 Å². The number of pyridine rings is 1. The van der Waals surface area contributed by atoms with Gasteiger partial charge in [-0.05, 0) is 57.9 Å². The fraction of sp³-hybridized carbons (Fsp3) is 0.429. The molecular formula is C21H27ClN2O3. The lowest BCUT2D eigenvalue weighted by atomic mass is 10.1. The third-order valence-electron chi connectivity index (χ3n) is 3.78. The Morgan fingerprint density at radius 1 is 1.26 bits per heavy atom. The van der Waals surface area contributed by atoms with E-state index in [9.17, 15) is 4.79 Å². The quantitative estimate of drug-likeness (QED) is 0.526. The number of halogens is 1. The van der Waals surface area contributed by atoms with E-state index in [1.54, 1.807) is 6.20 Å². The molecule has 1 amide bonds. The molecule has 1 aliphatic heterocycles. The molecule has 0 bridgehead atoms. The highest BCUT2D eigenvalue weighted by molar-refractivity contribution is 6.32. The molecule has 0 saturated carbocycles. The van der Waals surface area contributed by atoms with Crippen molar-refractivity contribution < 1.29 is 14.3 Å². The number of aromatic nitrogens is 1. The van der Waals surface area contributed by atoms with Crippen LogP contribution >= 0.6 is 11.6 Å². The van der Waals surface area contributed by atoms with Gasteiger partial charge in [-0.25, -0.2) is 14.7 Å². The lowest BCUT2D eigenvalue weighted by Gasteiger charge is -2.27. The topological polar surface area (TPSA) is 51.7 Å². The molecule has 5 nitrogen and oxygen atoms in total. The molecule has 0 atom stereocenters. The number of nitrogens with zero attached hydrogens (tertiary/aromatic N) is 2. The van der Waals surface area contributed by atoms with Crippen LogP contribution in [-0.4, -0.2) is 16.7 Å². The smallest absolute Gasteiger partial charge is 0.420 e. The van der Waals surface area contributed by atoms with Crippen molar-refractivity contribution in [1.29, 1.82) is 0 Å². The summed E-state index contributed by atoms with van der Waals surface area (Å²) in [6, 6.07) is 5.65. The first-order chi connectivity index (χ1) is 12.7. The van der Waals surface area contributed by atoms with Gasteiger partial charge in [-0.3, -0.25) is 0 Å². The second-order valence-electron chi connectivity index (χ2n) is 7.13. The van der Waals surface area contributed by atoms with E-state index in [4.69, 9.17) is 21.1 Å². The molecule has 6 heteroatoms. The van der Waals surface area contributed by atoms with Gasteiger partial charge in [-0.2, -0.15) is 0 Å². The van der Waals surface area contributed by atoms with Crippen molar-refractivity contribution in [2.45, 2.75) is 60.7 Å². The van der Waals surface area contributed by atoms with Gasteiger partial charge in [0.2, 0.25) is 0 Å². The minimum absolute atomic E-state index is 0.234. The average Bonchev–Trinajstić information content (AvgIpc) is 2.75. The molecule has 2 heterocycles. The van der Waals surface area contributed by atoms with Crippen molar-refractivity contribution in [3.8, 4) is 5.75 Å². The van der Waals surface area contributed by atoms with Gasteiger partial charge in [0, 0.05) is 6.20 Å². The Kier molecular flexibility index (Phi) is 6.37. The third kappa shape index (κ3) is 4.53. The number of ether oxygens (including phenoxy) is 2. The Hall–Kier alpha value is -2.27. The van der Waals surface area contributed by atoms with Gasteiger partial charge in [-0.1, -0.05) is 31.5 Å². The number of anilines is 2. The number of hydrogen-bond acceptors (Lipinski definition) is 4. The summed E-state index contributed by atoms with van der Waals surface area (Å²) in [5.41, 5.74) is 2.46. The summed E-state index contributed by atoms with van der Waals surface area (Å²) >= 11 is 6.46. The Morgan fingerprint density at radius 3 is 2.56 bits per heavy atom. The average molecular weight is 391 g/mol. The first-order valence-electron chi connectivity index (χ1n) is 9.08. The maximum Gasteiger partial charge on any atom is 0.420 e. The number of hydrogen-bond donors (Lipinski definition) is 0. The van der Waals surface area contributed by atoms with Crippen LogP contribution in [0.25, 0.3) is 0 Å². The first kappa shape index (κ1) is 21.0. The van der Waals surface area contributed by atoms with Gasteiger partial charge in [-0.15, -0.1) is 0 Å². The number of carbonyl (C=O) groups excluding carboxylic acids is 1. The molecule has 0 aliphatic carbocycles. The van der Waals surface area contributed by atoms with Gasteiger partial charge in [0.25, 0.3) is 0 Å². The summed E-state index contributed by atoms with van der Waals surface area (Å²) < 4.78 is 11.5. The molecule has 1 aliphatic rings. The van der Waals surface area contributed by atoms with Gasteiger partial charge in [0.1, 0.15) is 18.0 Å². The maximum atomic E-state index is 13.0. The predicted octanol–water partition coefficient (Wildman–Crippen LogP) is 6.34. The maximum absolute atomic E-state index is 13.0. The number of rotatable bonds is 0. The van der Waals surface area contributed by atoms with Crippen LogP contribution in [0.2, 0.25) is 5.02 Å². The van der Waals surface area contributed by atoms with Crippen LogP contribution in [0, 0.1) is 13.8 Å². The first-order valence-corrected chi connectivity index (χ1v) is 9.46. The van der Waals surface area contributed by atoms with Gasteiger partial charge >= 0.3 is 6.09 Å². The Morgan fingerprint density at radius 2 is 1.93 bits per heavy atom. The van der Waals surface area contributed by atoms with E-state index in [0.29, 0.717) is 27.8 Å². The van der Waals surface area contributed by atoms with Crippen molar-refractivity contribution in [3.63, 3.8) is 0 Å². The molecule has 0 N–H and O–H groups in total. The standard InChI is InChI=1S/C19H21ClN2O3.C2H6/c1-11-6-7-15-14(8-11)22(18(23)25-19(3,4)5)17-13(10-24-15)16(20)12(2)9-21-17;1-2/h6-9H,10H2,1-5H3;1-2H3. The molecule has 0 saturated heterocycles. The lowest BCUT2D eigenvalue weighted by Crippen LogP contribution is -2.34. The van der Waals surface area contributed by atoms with Crippen LogP contribution in [0.4, 0.5) is 16.3 Å². The predicted molar refractivity (Wildman–Crippen MR) is 109 cm³/mol. The Bertz CT molecular complexity index is 844. The van der Waals surface area contributed by atoms with Crippen molar-refractivity contribution >= 4 is 29.2 Å². The molecule has 2 aromatic rings. The van der Waals surface area contributed by atoms with Gasteiger partial charge in [0.05, 0.1) is 16.3 Å². The second kappa shape index (κ2) is 8.17. The van der Waals surface area contributed by atoms with Crippen LogP contribution in [0.5, 0.6) is 5.75 Å². The van der Waals surface area contributed by atoms with Crippen molar-refractivity contribution in [1.82, 2.24) is 4.98 Å². The lowest BCUT2D eigenvalue weighted by molar-refractivity contribution is 0.0598. The summed E-state index contributed by atoms with van der Waals surface area (Å²) in [7, 11) is 0. The molecule has 27 heavy (non-hydrogen) atoms. The molecular weight excluding hydrogens is 364 g/mol. The zero-order chi connectivity index (χ0) is 20.4. The van der Waals surface area contributed by atoms with Crippen LogP contribution in [0.3, 0.4) is 0 Å². The van der Waals surface area contributed by atoms with E-state index < -0.39 is 11.7 Å². The zero-order valence-electron chi connectivity index (χ0n) is 17.0. The molecule has 146 valence electrons. The van der Waals surface area contributed by atoms with Crippen LogP contribution in [0.15, 0.2) is 24.4 Å². The number of fused-ring (bicyclic) bond motifs is 2. The number of amides is 1. The summed E-state index contributed by atoms with van der Waals surface area (Å²) in [6.07, 6.45) is 1.14. The van der Waals surface area contributed by atoms with Crippen molar-refractivity contribution in [2.24, 2.45) is 0 Å². The summed E-state index contributed by atoms with van der Waals surface area (Å²) in [4.78, 5) is 18.9. The molecule has 1 aromatic carbocycles. The van der Waals surface area contributed by atoms with E-state index in [-0.39, 0.29) is 6.61 Å². The van der Waals surface area contributed by atoms with Crippen LogP contribution in [-0.2, 0) is 11.3 Å². The highest BCUT2D eigenvalue weighted by Crippen LogP contribution is 2.42. The number of carbonyl (C=O) groups is 1. The van der Waals surface area contributed by atoms with E-state index in [1.165, 1.54) is 4.90 Å². The number of benzene rings is 1. The second-order valence-corrected chi connectivity index (χ2v) is 7.51. The summed E-state index contributed by atoms with van der Waals surface area (Å²) in [6.45, 7) is 13.5. The highest BCUT2D eigenvalue weighted by Gasteiger charge is 2.33. The third-order valence-corrected chi connectivity index (χ3v) is 4.30.